The van der Waals surface area contributed by atoms with Crippen molar-refractivity contribution in [1.29, 1.82) is 0 Å². The highest BCUT2D eigenvalue weighted by Gasteiger charge is 2.23. The SMILES string of the molecule is CCOC(=O)CN(Cc1ccccc1)c1ncnc2c(N3CCCCC3)nc(Cl)nc12. The molecule has 4 rings (SSSR count). The quantitative estimate of drug-likeness (QED) is 0.406. The topological polar surface area (TPSA) is 84.3 Å². The van der Waals surface area contributed by atoms with Gasteiger partial charge >= 0.3 is 5.97 Å². The molecule has 0 radical (unpaired) electrons. The molecule has 1 aromatic carbocycles. The van der Waals surface area contributed by atoms with Crippen molar-refractivity contribution in [3.05, 3.63) is 47.5 Å². The zero-order valence-electron chi connectivity index (χ0n) is 17.5. The molecule has 0 atom stereocenters. The minimum Gasteiger partial charge on any atom is -0.465 e. The van der Waals surface area contributed by atoms with E-state index in [9.17, 15) is 4.79 Å². The molecule has 0 N–H and O–H groups in total. The Balaban J connectivity index is 1.78. The van der Waals surface area contributed by atoms with Gasteiger partial charge in [-0.3, -0.25) is 4.79 Å². The van der Waals surface area contributed by atoms with Crippen LogP contribution in [0.5, 0.6) is 0 Å². The third kappa shape index (κ3) is 5.02. The average Bonchev–Trinajstić information content (AvgIpc) is 2.79. The lowest BCUT2D eigenvalue weighted by atomic mass is 10.1. The average molecular weight is 441 g/mol. The maximum atomic E-state index is 12.4. The van der Waals surface area contributed by atoms with Crippen molar-refractivity contribution in [3.8, 4) is 0 Å². The van der Waals surface area contributed by atoms with E-state index in [0.717, 1.165) is 31.5 Å². The molecule has 0 amide bonds. The number of carbonyl (C=O) groups excluding carboxylic acids is 1. The van der Waals surface area contributed by atoms with Gasteiger partial charge in [-0.05, 0) is 43.4 Å². The summed E-state index contributed by atoms with van der Waals surface area (Å²) in [5, 5.41) is 0.139. The van der Waals surface area contributed by atoms with Crippen molar-refractivity contribution in [3.63, 3.8) is 0 Å². The van der Waals surface area contributed by atoms with Crippen LogP contribution < -0.4 is 9.80 Å². The summed E-state index contributed by atoms with van der Waals surface area (Å²) in [4.78, 5) is 34.3. The molecular formula is C22H25ClN6O2. The van der Waals surface area contributed by atoms with Crippen molar-refractivity contribution < 1.29 is 9.53 Å². The number of aromatic nitrogens is 4. The molecule has 3 heterocycles. The molecule has 1 saturated heterocycles. The smallest absolute Gasteiger partial charge is 0.325 e. The standard InChI is InChI=1S/C22H25ClN6O2/c1-2-31-17(30)14-29(13-16-9-5-3-6-10-16)20-19-18(24-15-25-20)21(27-22(23)26-19)28-11-7-4-8-12-28/h3,5-6,9-10,15H,2,4,7-8,11-14H2,1H3. The predicted octanol–water partition coefficient (Wildman–Crippen LogP) is 3.63. The van der Waals surface area contributed by atoms with Crippen molar-refractivity contribution >= 4 is 40.2 Å². The van der Waals surface area contributed by atoms with Gasteiger partial charge in [-0.2, -0.15) is 4.98 Å². The van der Waals surface area contributed by atoms with Gasteiger partial charge in [0.25, 0.3) is 0 Å². The molecule has 0 unspecified atom stereocenters. The number of halogens is 1. The number of rotatable bonds is 7. The molecule has 1 fully saturated rings. The first-order valence-corrected chi connectivity index (χ1v) is 10.9. The van der Waals surface area contributed by atoms with Gasteiger partial charge in [0.15, 0.2) is 11.6 Å². The zero-order valence-corrected chi connectivity index (χ0v) is 18.3. The van der Waals surface area contributed by atoms with Crippen LogP contribution in [-0.2, 0) is 16.1 Å². The number of piperidine rings is 1. The summed E-state index contributed by atoms with van der Waals surface area (Å²) in [5.74, 6) is 0.917. The number of esters is 1. The largest absolute Gasteiger partial charge is 0.465 e. The number of hydrogen-bond acceptors (Lipinski definition) is 8. The van der Waals surface area contributed by atoms with Crippen LogP contribution >= 0.6 is 11.6 Å². The maximum Gasteiger partial charge on any atom is 0.325 e. The van der Waals surface area contributed by atoms with E-state index in [2.05, 4.69) is 24.8 Å². The third-order valence-corrected chi connectivity index (χ3v) is 5.38. The number of anilines is 2. The van der Waals surface area contributed by atoms with E-state index in [1.54, 1.807) is 6.92 Å². The van der Waals surface area contributed by atoms with Gasteiger partial charge < -0.3 is 14.5 Å². The molecule has 3 aromatic rings. The summed E-state index contributed by atoms with van der Waals surface area (Å²) in [6.07, 6.45) is 4.90. The monoisotopic (exact) mass is 440 g/mol. The first kappa shape index (κ1) is 21.2. The first-order chi connectivity index (χ1) is 15.2. The normalized spacial score (nSPS) is 13.9. The summed E-state index contributed by atoms with van der Waals surface area (Å²) in [5.41, 5.74) is 2.21. The Bertz CT molecular complexity index is 1040. The van der Waals surface area contributed by atoms with Gasteiger partial charge in [0.2, 0.25) is 5.28 Å². The maximum absolute atomic E-state index is 12.4. The predicted molar refractivity (Wildman–Crippen MR) is 120 cm³/mol. The van der Waals surface area contributed by atoms with Crippen LogP contribution in [0.4, 0.5) is 11.6 Å². The Labute approximate surface area is 186 Å². The fourth-order valence-corrected chi connectivity index (χ4v) is 3.99. The number of carbonyl (C=O) groups is 1. The van der Waals surface area contributed by atoms with Crippen LogP contribution in [0, 0.1) is 0 Å². The van der Waals surface area contributed by atoms with E-state index in [1.165, 1.54) is 12.7 Å². The molecule has 9 heteroatoms. The summed E-state index contributed by atoms with van der Waals surface area (Å²) in [6, 6.07) is 9.88. The van der Waals surface area contributed by atoms with Gasteiger partial charge in [0, 0.05) is 19.6 Å². The number of fused-ring (bicyclic) bond motifs is 1. The molecule has 162 valence electrons. The van der Waals surface area contributed by atoms with Crippen molar-refractivity contribution in [2.75, 3.05) is 36.0 Å². The Morgan fingerprint density at radius 2 is 1.87 bits per heavy atom. The Morgan fingerprint density at radius 1 is 1.10 bits per heavy atom. The van der Waals surface area contributed by atoms with Crippen LogP contribution in [0.3, 0.4) is 0 Å². The number of ether oxygens (including phenoxy) is 1. The van der Waals surface area contributed by atoms with Crippen LogP contribution in [0.1, 0.15) is 31.7 Å². The van der Waals surface area contributed by atoms with E-state index in [1.807, 2.05) is 35.2 Å². The summed E-state index contributed by atoms with van der Waals surface area (Å²) < 4.78 is 5.20. The molecule has 0 saturated carbocycles. The van der Waals surface area contributed by atoms with Gasteiger partial charge in [0.1, 0.15) is 23.9 Å². The lowest BCUT2D eigenvalue weighted by Crippen LogP contribution is -2.32. The minimum absolute atomic E-state index is 0.0372. The molecule has 2 aromatic heterocycles. The highest BCUT2D eigenvalue weighted by atomic mass is 35.5. The van der Waals surface area contributed by atoms with Gasteiger partial charge in [0.05, 0.1) is 6.61 Å². The van der Waals surface area contributed by atoms with Crippen molar-refractivity contribution in [2.45, 2.75) is 32.7 Å². The third-order valence-electron chi connectivity index (χ3n) is 5.21. The second kappa shape index (κ2) is 9.87. The first-order valence-electron chi connectivity index (χ1n) is 10.5. The van der Waals surface area contributed by atoms with Gasteiger partial charge in [-0.15, -0.1) is 0 Å². The van der Waals surface area contributed by atoms with E-state index < -0.39 is 0 Å². The Morgan fingerprint density at radius 3 is 2.61 bits per heavy atom. The highest BCUT2D eigenvalue weighted by molar-refractivity contribution is 6.29. The Kier molecular flexibility index (Phi) is 6.76. The summed E-state index contributed by atoms with van der Waals surface area (Å²) in [7, 11) is 0. The molecule has 1 aliphatic heterocycles. The summed E-state index contributed by atoms with van der Waals surface area (Å²) in [6.45, 7) is 4.41. The second-order valence-corrected chi connectivity index (χ2v) is 7.74. The highest BCUT2D eigenvalue weighted by Crippen LogP contribution is 2.31. The Hall–Kier alpha value is -3.00. The molecule has 0 aliphatic carbocycles. The van der Waals surface area contributed by atoms with Gasteiger partial charge in [-0.1, -0.05) is 30.3 Å². The number of benzene rings is 1. The molecule has 1 aliphatic rings. The molecule has 31 heavy (non-hydrogen) atoms. The van der Waals surface area contributed by atoms with Crippen LogP contribution in [0.15, 0.2) is 36.7 Å². The second-order valence-electron chi connectivity index (χ2n) is 7.41. The number of hydrogen-bond donors (Lipinski definition) is 0. The molecule has 0 spiro atoms. The van der Waals surface area contributed by atoms with E-state index in [-0.39, 0.29) is 17.8 Å². The van der Waals surface area contributed by atoms with Crippen LogP contribution in [0.25, 0.3) is 11.0 Å². The zero-order chi connectivity index (χ0) is 21.6. The van der Waals surface area contributed by atoms with E-state index >= 15 is 0 Å². The van der Waals surface area contributed by atoms with Crippen LogP contribution in [0.2, 0.25) is 5.28 Å². The summed E-state index contributed by atoms with van der Waals surface area (Å²) >= 11 is 6.32. The molecule has 0 bridgehead atoms. The molecular weight excluding hydrogens is 416 g/mol. The van der Waals surface area contributed by atoms with E-state index in [0.29, 0.717) is 35.8 Å². The fourth-order valence-electron chi connectivity index (χ4n) is 3.82. The van der Waals surface area contributed by atoms with Gasteiger partial charge in [-0.25, -0.2) is 15.0 Å². The lowest BCUT2D eigenvalue weighted by Gasteiger charge is -2.29. The van der Waals surface area contributed by atoms with E-state index in [4.69, 9.17) is 16.3 Å². The molecule has 8 nitrogen and oxygen atoms in total. The van der Waals surface area contributed by atoms with Crippen LogP contribution in [-0.4, -0.2) is 52.1 Å². The van der Waals surface area contributed by atoms with Crippen molar-refractivity contribution in [1.82, 2.24) is 19.9 Å². The fraction of sp³-hybridized carbons (Fsp3) is 0.409. The number of nitrogens with zero attached hydrogens (tertiary/aromatic N) is 6. The minimum atomic E-state index is -0.332. The lowest BCUT2D eigenvalue weighted by molar-refractivity contribution is -0.141. The van der Waals surface area contributed by atoms with Crippen molar-refractivity contribution in [2.24, 2.45) is 0 Å².